The first-order valence-corrected chi connectivity index (χ1v) is 10.1. The topological polar surface area (TPSA) is 71.5 Å². The van der Waals surface area contributed by atoms with Crippen molar-refractivity contribution < 1.29 is 14.3 Å². The van der Waals surface area contributed by atoms with Crippen molar-refractivity contribution in [3.05, 3.63) is 54.4 Å². The Kier molecular flexibility index (Phi) is 6.99. The standard InChI is InChI=1S/C23H29N3O3/c1-24-22(28)23(11-6-13-26(17-23)21(27)10-14-29-2)15-18-7-3-4-9-20(18)19-8-5-12-25-16-19/h3-5,7-9,12,16H,6,10-11,13-15,17H2,1-2H3,(H,24,28). The van der Waals surface area contributed by atoms with Gasteiger partial charge in [0.25, 0.3) is 0 Å². The molecular weight excluding hydrogens is 366 g/mol. The number of likely N-dealkylation sites (tertiary alicyclic amines) is 1. The number of ether oxygens (including phenoxy) is 1. The minimum absolute atomic E-state index is 0.0114. The molecule has 2 amide bonds. The van der Waals surface area contributed by atoms with Crippen LogP contribution in [-0.2, 0) is 20.7 Å². The number of aromatic nitrogens is 1. The molecule has 2 heterocycles. The molecule has 6 nitrogen and oxygen atoms in total. The molecule has 1 saturated heterocycles. The number of carbonyl (C=O) groups excluding carboxylic acids is 2. The third kappa shape index (κ3) is 4.82. The summed E-state index contributed by atoms with van der Waals surface area (Å²) in [7, 11) is 3.26. The van der Waals surface area contributed by atoms with Crippen molar-refractivity contribution in [2.45, 2.75) is 25.7 Å². The van der Waals surface area contributed by atoms with Crippen LogP contribution in [-0.4, -0.2) is 55.6 Å². The fourth-order valence-corrected chi connectivity index (χ4v) is 4.21. The van der Waals surface area contributed by atoms with E-state index in [-0.39, 0.29) is 11.8 Å². The molecule has 0 bridgehead atoms. The zero-order valence-corrected chi connectivity index (χ0v) is 17.2. The van der Waals surface area contributed by atoms with Crippen LogP contribution in [0.5, 0.6) is 0 Å². The largest absolute Gasteiger partial charge is 0.384 e. The Hall–Kier alpha value is -2.73. The number of hydrogen-bond acceptors (Lipinski definition) is 4. The average molecular weight is 396 g/mol. The van der Waals surface area contributed by atoms with Crippen LogP contribution in [0.1, 0.15) is 24.8 Å². The Labute approximate surface area is 172 Å². The summed E-state index contributed by atoms with van der Waals surface area (Å²) >= 11 is 0. The van der Waals surface area contributed by atoms with Crippen LogP contribution in [0.25, 0.3) is 11.1 Å². The van der Waals surface area contributed by atoms with E-state index in [4.69, 9.17) is 4.74 Å². The maximum Gasteiger partial charge on any atom is 0.228 e. The number of hydrogen-bond donors (Lipinski definition) is 1. The summed E-state index contributed by atoms with van der Waals surface area (Å²) in [5, 5.41) is 2.84. The van der Waals surface area contributed by atoms with Crippen LogP contribution in [0, 0.1) is 5.41 Å². The van der Waals surface area contributed by atoms with Gasteiger partial charge in [0.15, 0.2) is 0 Å². The third-order valence-corrected chi connectivity index (χ3v) is 5.68. The molecule has 3 rings (SSSR count). The summed E-state index contributed by atoms with van der Waals surface area (Å²) in [6.45, 7) is 1.51. The van der Waals surface area contributed by atoms with Gasteiger partial charge in [-0.05, 0) is 36.5 Å². The maximum absolute atomic E-state index is 13.0. The quantitative estimate of drug-likeness (QED) is 0.782. The summed E-state index contributed by atoms with van der Waals surface area (Å²) in [6.07, 6.45) is 6.07. The van der Waals surface area contributed by atoms with E-state index in [0.717, 1.165) is 29.5 Å². The molecular formula is C23H29N3O3. The molecule has 0 radical (unpaired) electrons. The van der Waals surface area contributed by atoms with E-state index in [1.807, 2.05) is 35.4 Å². The monoisotopic (exact) mass is 395 g/mol. The van der Waals surface area contributed by atoms with Crippen LogP contribution in [0.2, 0.25) is 0 Å². The van der Waals surface area contributed by atoms with Crippen LogP contribution < -0.4 is 5.32 Å². The molecule has 0 spiro atoms. The summed E-state index contributed by atoms with van der Waals surface area (Å²) in [5.41, 5.74) is 2.55. The predicted octanol–water partition coefficient (Wildman–Crippen LogP) is 2.68. The van der Waals surface area contributed by atoms with Crippen LogP contribution in [0.15, 0.2) is 48.8 Å². The number of methoxy groups -OCH3 is 1. The van der Waals surface area contributed by atoms with E-state index in [1.54, 1.807) is 20.4 Å². The van der Waals surface area contributed by atoms with E-state index >= 15 is 0 Å². The van der Waals surface area contributed by atoms with Gasteiger partial charge >= 0.3 is 0 Å². The summed E-state index contributed by atoms with van der Waals surface area (Å²) < 4.78 is 5.05. The molecule has 0 saturated carbocycles. The second-order valence-electron chi connectivity index (χ2n) is 7.60. The summed E-state index contributed by atoms with van der Waals surface area (Å²) in [5.74, 6) is 0.0307. The fraction of sp³-hybridized carbons (Fsp3) is 0.435. The van der Waals surface area contributed by atoms with Crippen molar-refractivity contribution in [1.29, 1.82) is 0 Å². The lowest BCUT2D eigenvalue weighted by Crippen LogP contribution is -2.54. The molecule has 1 aliphatic heterocycles. The molecule has 1 fully saturated rings. The zero-order valence-electron chi connectivity index (χ0n) is 17.2. The predicted molar refractivity (Wildman–Crippen MR) is 112 cm³/mol. The van der Waals surface area contributed by atoms with Gasteiger partial charge < -0.3 is 15.0 Å². The van der Waals surface area contributed by atoms with E-state index in [9.17, 15) is 9.59 Å². The van der Waals surface area contributed by atoms with Gasteiger partial charge in [0, 0.05) is 45.2 Å². The molecule has 6 heteroatoms. The van der Waals surface area contributed by atoms with Gasteiger partial charge in [0.2, 0.25) is 11.8 Å². The van der Waals surface area contributed by atoms with Crippen molar-refractivity contribution in [1.82, 2.24) is 15.2 Å². The maximum atomic E-state index is 13.0. The van der Waals surface area contributed by atoms with E-state index in [2.05, 4.69) is 22.4 Å². The van der Waals surface area contributed by atoms with Gasteiger partial charge in [-0.2, -0.15) is 0 Å². The highest BCUT2D eigenvalue weighted by atomic mass is 16.5. The Balaban J connectivity index is 1.91. The molecule has 1 unspecified atom stereocenters. The Morgan fingerprint density at radius 2 is 2.07 bits per heavy atom. The number of nitrogens with zero attached hydrogens (tertiary/aromatic N) is 2. The fourth-order valence-electron chi connectivity index (χ4n) is 4.21. The molecule has 1 N–H and O–H groups in total. The molecule has 0 aliphatic carbocycles. The first kappa shape index (κ1) is 21.0. The SMILES string of the molecule is CNC(=O)C1(Cc2ccccc2-c2cccnc2)CCCN(C(=O)CCOC)C1. The number of nitrogens with one attached hydrogen (secondary N) is 1. The smallest absolute Gasteiger partial charge is 0.228 e. The highest BCUT2D eigenvalue weighted by molar-refractivity contribution is 5.85. The van der Waals surface area contributed by atoms with E-state index in [1.165, 1.54) is 0 Å². The van der Waals surface area contributed by atoms with Gasteiger partial charge in [-0.3, -0.25) is 14.6 Å². The lowest BCUT2D eigenvalue weighted by atomic mass is 9.73. The van der Waals surface area contributed by atoms with Crippen LogP contribution >= 0.6 is 0 Å². The van der Waals surface area contributed by atoms with E-state index < -0.39 is 5.41 Å². The van der Waals surface area contributed by atoms with Gasteiger partial charge in [0.05, 0.1) is 18.4 Å². The second-order valence-corrected chi connectivity index (χ2v) is 7.60. The first-order chi connectivity index (χ1) is 14.1. The zero-order chi connectivity index (χ0) is 20.7. The van der Waals surface area contributed by atoms with Crippen molar-refractivity contribution in [2.75, 3.05) is 33.9 Å². The van der Waals surface area contributed by atoms with Gasteiger partial charge in [0.1, 0.15) is 0 Å². The highest BCUT2D eigenvalue weighted by Crippen LogP contribution is 2.37. The normalized spacial score (nSPS) is 19.0. The second kappa shape index (κ2) is 9.65. The van der Waals surface area contributed by atoms with Crippen LogP contribution in [0.4, 0.5) is 0 Å². The first-order valence-electron chi connectivity index (χ1n) is 10.1. The number of benzene rings is 1. The lowest BCUT2D eigenvalue weighted by molar-refractivity contribution is -0.141. The van der Waals surface area contributed by atoms with Crippen molar-refractivity contribution in [3.63, 3.8) is 0 Å². The average Bonchev–Trinajstić information content (AvgIpc) is 2.78. The number of amides is 2. The molecule has 154 valence electrons. The number of pyridine rings is 1. The van der Waals surface area contributed by atoms with Gasteiger partial charge in [-0.1, -0.05) is 30.3 Å². The molecule has 1 atom stereocenters. The Morgan fingerprint density at radius 1 is 1.24 bits per heavy atom. The lowest BCUT2D eigenvalue weighted by Gasteiger charge is -2.42. The van der Waals surface area contributed by atoms with E-state index in [0.29, 0.717) is 32.5 Å². The molecule has 2 aromatic rings. The van der Waals surface area contributed by atoms with Crippen molar-refractivity contribution in [3.8, 4) is 11.1 Å². The summed E-state index contributed by atoms with van der Waals surface area (Å²) in [4.78, 5) is 31.7. The number of piperidine rings is 1. The molecule has 1 aliphatic rings. The minimum Gasteiger partial charge on any atom is -0.384 e. The van der Waals surface area contributed by atoms with Crippen molar-refractivity contribution >= 4 is 11.8 Å². The van der Waals surface area contributed by atoms with Crippen molar-refractivity contribution in [2.24, 2.45) is 5.41 Å². The third-order valence-electron chi connectivity index (χ3n) is 5.68. The van der Waals surface area contributed by atoms with Gasteiger partial charge in [-0.25, -0.2) is 0 Å². The van der Waals surface area contributed by atoms with Gasteiger partial charge in [-0.15, -0.1) is 0 Å². The van der Waals surface area contributed by atoms with Crippen LogP contribution in [0.3, 0.4) is 0 Å². The highest BCUT2D eigenvalue weighted by Gasteiger charge is 2.43. The number of rotatable bonds is 7. The Bertz CT molecular complexity index is 840. The molecule has 29 heavy (non-hydrogen) atoms. The molecule has 1 aromatic heterocycles. The summed E-state index contributed by atoms with van der Waals surface area (Å²) in [6, 6.07) is 12.1. The Morgan fingerprint density at radius 3 is 2.79 bits per heavy atom. The number of carbonyl (C=O) groups is 2. The minimum atomic E-state index is -0.645. The molecule has 1 aromatic carbocycles.